The maximum absolute atomic E-state index is 14.0. The van der Waals surface area contributed by atoms with Crippen LogP contribution in [0.1, 0.15) is 32.9 Å². The average molecular weight is 455 g/mol. The highest BCUT2D eigenvalue weighted by atomic mass is 35.5. The first-order valence-electron chi connectivity index (χ1n) is 9.83. The van der Waals surface area contributed by atoms with Crippen LogP contribution in [0.25, 0.3) is 0 Å². The summed E-state index contributed by atoms with van der Waals surface area (Å²) in [5, 5.41) is 11.1. The topological polar surface area (TPSA) is 82.2 Å². The van der Waals surface area contributed by atoms with E-state index in [1.807, 2.05) is 31.2 Å². The van der Waals surface area contributed by atoms with Gasteiger partial charge < -0.3 is 14.6 Å². The van der Waals surface area contributed by atoms with E-state index in [2.05, 4.69) is 15.6 Å². The maximum atomic E-state index is 14.0. The Labute approximate surface area is 188 Å². The number of carbonyl (C=O) groups excluding carboxylic acids is 1. The molecule has 0 aliphatic rings. The van der Waals surface area contributed by atoms with Gasteiger partial charge in [-0.05, 0) is 43.7 Å². The van der Waals surface area contributed by atoms with Crippen LogP contribution in [0.5, 0.6) is 5.75 Å². The van der Waals surface area contributed by atoms with Crippen LogP contribution in [0.4, 0.5) is 10.2 Å². The van der Waals surface area contributed by atoms with Gasteiger partial charge in [0.25, 0.3) is 5.91 Å². The molecular weight excluding hydrogens is 435 g/mol. The Morgan fingerprint density at radius 2 is 2.00 bits per heavy atom. The van der Waals surface area contributed by atoms with E-state index in [0.29, 0.717) is 27.7 Å². The second-order valence-electron chi connectivity index (χ2n) is 7.22. The zero-order chi connectivity index (χ0) is 22.7. The van der Waals surface area contributed by atoms with Crippen LogP contribution >= 0.6 is 11.6 Å². The van der Waals surface area contributed by atoms with Crippen LogP contribution in [-0.4, -0.2) is 20.8 Å². The lowest BCUT2D eigenvalue weighted by Crippen LogP contribution is -2.16. The van der Waals surface area contributed by atoms with Gasteiger partial charge in [-0.3, -0.25) is 9.48 Å². The number of amides is 1. The average Bonchev–Trinajstić information content (AvgIpc) is 3.35. The molecule has 0 saturated carbocycles. The van der Waals surface area contributed by atoms with Gasteiger partial charge in [0.1, 0.15) is 23.9 Å². The molecule has 0 aliphatic carbocycles. The summed E-state index contributed by atoms with van der Waals surface area (Å²) < 4.78 is 26.5. The molecule has 1 N–H and O–H groups in total. The van der Waals surface area contributed by atoms with Crippen molar-refractivity contribution in [1.82, 2.24) is 14.9 Å². The fourth-order valence-electron chi connectivity index (χ4n) is 3.14. The van der Waals surface area contributed by atoms with Crippen LogP contribution in [-0.2, 0) is 13.2 Å². The Kier molecular flexibility index (Phi) is 6.23. The van der Waals surface area contributed by atoms with Crippen molar-refractivity contribution in [2.24, 2.45) is 0 Å². The smallest absolute Gasteiger partial charge is 0.279 e. The lowest BCUT2D eigenvalue weighted by atomic mass is 10.2. The molecule has 0 fully saturated rings. The molecule has 0 aliphatic heterocycles. The minimum atomic E-state index is -0.487. The van der Waals surface area contributed by atoms with E-state index < -0.39 is 11.7 Å². The van der Waals surface area contributed by atoms with E-state index >= 15 is 0 Å². The quantitative estimate of drug-likeness (QED) is 0.417. The first-order valence-corrected chi connectivity index (χ1v) is 10.2. The summed E-state index contributed by atoms with van der Waals surface area (Å²) in [5.74, 6) is 0.549. The summed E-state index contributed by atoms with van der Waals surface area (Å²) >= 11 is 6.07. The molecule has 2 heterocycles. The number of hydrogen-bond donors (Lipinski definition) is 1. The van der Waals surface area contributed by atoms with Crippen molar-refractivity contribution in [3.8, 4) is 5.75 Å². The largest absolute Gasteiger partial charge is 0.489 e. The Morgan fingerprint density at radius 1 is 1.19 bits per heavy atom. The van der Waals surface area contributed by atoms with Crippen LogP contribution in [0.2, 0.25) is 5.02 Å². The third-order valence-corrected chi connectivity index (χ3v) is 5.19. The van der Waals surface area contributed by atoms with E-state index in [1.165, 1.54) is 16.8 Å². The van der Waals surface area contributed by atoms with Crippen LogP contribution < -0.4 is 10.1 Å². The van der Waals surface area contributed by atoms with Crippen molar-refractivity contribution in [1.29, 1.82) is 0 Å². The molecule has 2 aromatic heterocycles. The van der Waals surface area contributed by atoms with Gasteiger partial charge in [0, 0.05) is 22.8 Å². The monoisotopic (exact) mass is 454 g/mol. The van der Waals surface area contributed by atoms with Gasteiger partial charge in [-0.15, -0.1) is 0 Å². The minimum Gasteiger partial charge on any atom is -0.489 e. The number of halogens is 2. The lowest BCUT2D eigenvalue weighted by Gasteiger charge is -2.07. The Balaban J connectivity index is 1.45. The number of rotatable bonds is 7. The number of nitrogens with one attached hydrogen (secondary N) is 1. The molecule has 4 aromatic rings. The van der Waals surface area contributed by atoms with E-state index in [-0.39, 0.29) is 24.7 Å². The van der Waals surface area contributed by atoms with Crippen LogP contribution in [0, 0.1) is 19.7 Å². The number of anilines is 1. The highest BCUT2D eigenvalue weighted by Crippen LogP contribution is 2.22. The number of ether oxygens (including phenoxy) is 1. The molecule has 0 atom stereocenters. The maximum Gasteiger partial charge on any atom is 0.279 e. The molecule has 0 radical (unpaired) electrons. The van der Waals surface area contributed by atoms with Crippen molar-refractivity contribution in [2.45, 2.75) is 27.0 Å². The first kappa shape index (κ1) is 21.6. The van der Waals surface area contributed by atoms with E-state index in [9.17, 15) is 9.18 Å². The molecule has 0 spiro atoms. The Morgan fingerprint density at radius 3 is 2.78 bits per heavy atom. The normalized spacial score (nSPS) is 10.9. The van der Waals surface area contributed by atoms with Gasteiger partial charge >= 0.3 is 0 Å². The summed E-state index contributed by atoms with van der Waals surface area (Å²) in [7, 11) is 0. The zero-order valence-corrected chi connectivity index (χ0v) is 18.2. The second kappa shape index (κ2) is 9.23. The van der Waals surface area contributed by atoms with E-state index in [0.717, 1.165) is 5.56 Å². The molecular formula is C23H20ClFN4O3. The molecule has 1 amide bonds. The van der Waals surface area contributed by atoms with Crippen molar-refractivity contribution in [2.75, 3.05) is 5.32 Å². The second-order valence-corrected chi connectivity index (χ2v) is 7.63. The third kappa shape index (κ3) is 4.81. The Hall–Kier alpha value is -3.65. The Bertz CT molecular complexity index is 1250. The van der Waals surface area contributed by atoms with Gasteiger partial charge in [-0.1, -0.05) is 35.0 Å². The predicted octanol–water partition coefficient (Wildman–Crippen LogP) is 5.16. The molecule has 7 nitrogen and oxygen atoms in total. The van der Waals surface area contributed by atoms with Crippen molar-refractivity contribution in [3.05, 3.63) is 93.7 Å². The predicted molar refractivity (Wildman–Crippen MR) is 117 cm³/mol. The molecule has 0 bridgehead atoms. The first-order chi connectivity index (χ1) is 15.4. The standard InChI is InChI=1S/C23H20ClFN4O3/c1-14-5-3-6-16(11-14)31-13-18-15(2)32-28-22(18)23(30)26-21-9-10-29(27-21)12-17-19(24)7-4-8-20(17)25/h3-11H,12-13H2,1-2H3,(H,26,27,30). The molecule has 0 unspecified atom stereocenters. The van der Waals surface area contributed by atoms with Gasteiger partial charge in [0.15, 0.2) is 11.5 Å². The van der Waals surface area contributed by atoms with Gasteiger partial charge in [-0.2, -0.15) is 5.10 Å². The minimum absolute atomic E-state index is 0.113. The summed E-state index contributed by atoms with van der Waals surface area (Å²) in [5.41, 5.74) is 2.04. The summed E-state index contributed by atoms with van der Waals surface area (Å²) in [6.45, 7) is 3.93. The van der Waals surface area contributed by atoms with Crippen molar-refractivity contribution >= 4 is 23.3 Å². The summed E-state index contributed by atoms with van der Waals surface area (Å²) in [6, 6.07) is 13.7. The molecule has 2 aromatic carbocycles. The van der Waals surface area contributed by atoms with Gasteiger partial charge in [0.05, 0.1) is 12.1 Å². The number of nitrogens with zero attached hydrogens (tertiary/aromatic N) is 3. The molecule has 9 heteroatoms. The SMILES string of the molecule is Cc1cccc(OCc2c(C(=O)Nc3ccn(Cc4c(F)cccc4Cl)n3)noc2C)c1. The fourth-order valence-corrected chi connectivity index (χ4v) is 3.36. The van der Waals surface area contributed by atoms with Crippen molar-refractivity contribution in [3.63, 3.8) is 0 Å². The number of aromatic nitrogens is 3. The summed E-state index contributed by atoms with van der Waals surface area (Å²) in [4.78, 5) is 12.8. The number of carbonyl (C=O) groups is 1. The zero-order valence-electron chi connectivity index (χ0n) is 17.4. The molecule has 32 heavy (non-hydrogen) atoms. The highest BCUT2D eigenvalue weighted by molar-refractivity contribution is 6.31. The highest BCUT2D eigenvalue weighted by Gasteiger charge is 2.21. The van der Waals surface area contributed by atoms with Crippen LogP contribution in [0.15, 0.2) is 59.3 Å². The van der Waals surface area contributed by atoms with E-state index in [1.54, 1.807) is 25.3 Å². The lowest BCUT2D eigenvalue weighted by molar-refractivity contribution is 0.101. The molecule has 0 saturated heterocycles. The number of benzene rings is 2. The third-order valence-electron chi connectivity index (χ3n) is 4.84. The molecule has 4 rings (SSSR count). The van der Waals surface area contributed by atoms with Crippen molar-refractivity contribution < 1.29 is 18.4 Å². The van der Waals surface area contributed by atoms with E-state index in [4.69, 9.17) is 20.9 Å². The molecule has 164 valence electrons. The van der Waals surface area contributed by atoms with Gasteiger partial charge in [0.2, 0.25) is 0 Å². The summed E-state index contributed by atoms with van der Waals surface area (Å²) in [6.07, 6.45) is 1.62. The number of hydrogen-bond acceptors (Lipinski definition) is 5. The van der Waals surface area contributed by atoms with Crippen LogP contribution in [0.3, 0.4) is 0 Å². The fraction of sp³-hybridized carbons (Fsp3) is 0.174. The number of aryl methyl sites for hydroxylation is 2. The van der Waals surface area contributed by atoms with Gasteiger partial charge in [-0.25, -0.2) is 4.39 Å².